The van der Waals surface area contributed by atoms with Gasteiger partial charge in [-0.15, -0.1) is 0 Å². The Morgan fingerprint density at radius 1 is 0.966 bits per heavy atom. The third-order valence-corrected chi connectivity index (χ3v) is 5.61. The monoisotopic (exact) mass is 408 g/mol. The van der Waals surface area contributed by atoms with Gasteiger partial charge in [0.15, 0.2) is 6.61 Å². The zero-order valence-corrected chi connectivity index (χ0v) is 16.5. The minimum Gasteiger partial charge on any atom is -0.467 e. The Hall–Kier alpha value is -3.19. The lowest BCUT2D eigenvalue weighted by Gasteiger charge is -2.32. The number of furan rings is 1. The summed E-state index contributed by atoms with van der Waals surface area (Å²) in [6.45, 7) is 0.437. The van der Waals surface area contributed by atoms with Crippen LogP contribution in [-0.2, 0) is 20.9 Å². The van der Waals surface area contributed by atoms with Gasteiger partial charge < -0.3 is 19.4 Å². The van der Waals surface area contributed by atoms with Crippen LogP contribution in [-0.4, -0.2) is 25.0 Å². The van der Waals surface area contributed by atoms with E-state index in [2.05, 4.69) is 22.3 Å². The molecule has 0 radical (unpaired) electrons. The molecule has 1 amide bonds. The van der Waals surface area contributed by atoms with Crippen LogP contribution in [0.3, 0.4) is 0 Å². The molecular formula is C22H20N2O4S. The van der Waals surface area contributed by atoms with Gasteiger partial charge in [0.25, 0.3) is 5.91 Å². The maximum absolute atomic E-state index is 12.2. The number of para-hydroxylation sites is 2. The molecule has 1 aliphatic rings. The molecule has 1 N–H and O–H groups in total. The first-order valence-electron chi connectivity index (χ1n) is 9.29. The van der Waals surface area contributed by atoms with Crippen LogP contribution in [0.1, 0.15) is 12.2 Å². The summed E-state index contributed by atoms with van der Waals surface area (Å²) >= 11 is 1.72. The molecule has 2 aromatic carbocycles. The number of hydrogen-bond acceptors (Lipinski definition) is 6. The Bertz CT molecular complexity index is 958. The number of esters is 1. The lowest BCUT2D eigenvalue weighted by Crippen LogP contribution is -2.29. The number of ether oxygens (including phenoxy) is 1. The van der Waals surface area contributed by atoms with Crippen molar-refractivity contribution in [3.05, 3.63) is 72.7 Å². The zero-order valence-electron chi connectivity index (χ0n) is 15.7. The second-order valence-electron chi connectivity index (χ2n) is 6.46. The molecule has 1 aromatic heterocycles. The van der Waals surface area contributed by atoms with Gasteiger partial charge in [-0.2, -0.15) is 0 Å². The van der Waals surface area contributed by atoms with Crippen molar-refractivity contribution in [3.8, 4) is 0 Å². The summed E-state index contributed by atoms with van der Waals surface area (Å²) < 4.78 is 10.3. The Morgan fingerprint density at radius 3 is 2.31 bits per heavy atom. The molecule has 2 heterocycles. The quantitative estimate of drug-likeness (QED) is 0.593. The van der Waals surface area contributed by atoms with Gasteiger partial charge >= 0.3 is 5.97 Å². The smallest absolute Gasteiger partial charge is 0.308 e. The van der Waals surface area contributed by atoms with Crippen LogP contribution in [0.25, 0.3) is 0 Å². The van der Waals surface area contributed by atoms with Crippen LogP contribution >= 0.6 is 11.8 Å². The van der Waals surface area contributed by atoms with E-state index < -0.39 is 5.97 Å². The average molecular weight is 408 g/mol. The molecule has 0 saturated heterocycles. The number of carbonyl (C=O) groups is 2. The molecule has 0 bridgehead atoms. The number of hydrogen-bond donors (Lipinski definition) is 1. The molecule has 0 unspecified atom stereocenters. The molecule has 6 nitrogen and oxygen atoms in total. The Morgan fingerprint density at radius 2 is 1.66 bits per heavy atom. The van der Waals surface area contributed by atoms with E-state index in [-0.39, 0.29) is 25.5 Å². The van der Waals surface area contributed by atoms with Gasteiger partial charge in [0, 0.05) is 16.3 Å². The summed E-state index contributed by atoms with van der Waals surface area (Å²) in [7, 11) is 0. The first kappa shape index (κ1) is 19.1. The van der Waals surface area contributed by atoms with Crippen molar-refractivity contribution in [1.82, 2.24) is 5.32 Å². The van der Waals surface area contributed by atoms with E-state index in [1.807, 2.05) is 36.4 Å². The first-order chi connectivity index (χ1) is 14.2. The number of benzene rings is 2. The molecule has 0 saturated carbocycles. The van der Waals surface area contributed by atoms with Crippen LogP contribution in [0.15, 0.2) is 81.1 Å². The van der Waals surface area contributed by atoms with E-state index in [0.29, 0.717) is 12.3 Å². The highest BCUT2D eigenvalue weighted by Crippen LogP contribution is 2.47. The van der Waals surface area contributed by atoms with Gasteiger partial charge in [0.2, 0.25) is 0 Å². The van der Waals surface area contributed by atoms with Crippen molar-refractivity contribution in [2.75, 3.05) is 18.1 Å². The van der Waals surface area contributed by atoms with E-state index in [4.69, 9.17) is 9.15 Å². The fraction of sp³-hybridized carbons (Fsp3) is 0.182. The highest BCUT2D eigenvalue weighted by molar-refractivity contribution is 7.99. The van der Waals surface area contributed by atoms with Crippen molar-refractivity contribution in [3.63, 3.8) is 0 Å². The number of amides is 1. The maximum Gasteiger partial charge on any atom is 0.308 e. The van der Waals surface area contributed by atoms with Gasteiger partial charge in [0.1, 0.15) is 5.76 Å². The van der Waals surface area contributed by atoms with Gasteiger partial charge in [-0.05, 0) is 36.4 Å². The lowest BCUT2D eigenvalue weighted by molar-refractivity contribution is -0.148. The normalized spacial score (nSPS) is 12.1. The van der Waals surface area contributed by atoms with Crippen molar-refractivity contribution >= 4 is 35.0 Å². The molecule has 0 fully saturated rings. The summed E-state index contributed by atoms with van der Waals surface area (Å²) in [5, 5.41) is 2.65. The maximum atomic E-state index is 12.2. The van der Waals surface area contributed by atoms with Gasteiger partial charge in [-0.1, -0.05) is 36.0 Å². The van der Waals surface area contributed by atoms with E-state index >= 15 is 0 Å². The molecule has 0 aliphatic carbocycles. The molecule has 1 aliphatic heterocycles. The predicted octanol–water partition coefficient (Wildman–Crippen LogP) is 4.13. The van der Waals surface area contributed by atoms with Crippen LogP contribution in [0.2, 0.25) is 0 Å². The molecule has 0 spiro atoms. The fourth-order valence-electron chi connectivity index (χ4n) is 3.09. The van der Waals surface area contributed by atoms with Crippen LogP contribution in [0.4, 0.5) is 11.4 Å². The molecule has 148 valence electrons. The predicted molar refractivity (Wildman–Crippen MR) is 110 cm³/mol. The number of carbonyl (C=O) groups excluding carboxylic acids is 2. The summed E-state index contributed by atoms with van der Waals surface area (Å²) in [6, 6.07) is 19.7. The van der Waals surface area contributed by atoms with Crippen LogP contribution < -0.4 is 10.2 Å². The molecule has 4 rings (SSSR count). The average Bonchev–Trinajstić information content (AvgIpc) is 3.27. The Balaban J connectivity index is 1.32. The topological polar surface area (TPSA) is 71.8 Å². The van der Waals surface area contributed by atoms with Crippen molar-refractivity contribution in [2.24, 2.45) is 0 Å². The minimum atomic E-state index is -0.411. The summed E-state index contributed by atoms with van der Waals surface area (Å²) in [6.07, 6.45) is 1.72. The molecule has 0 atom stereocenters. The lowest BCUT2D eigenvalue weighted by atomic mass is 10.2. The van der Waals surface area contributed by atoms with E-state index in [0.717, 1.165) is 21.2 Å². The Labute approximate surface area is 172 Å². The fourth-order valence-corrected chi connectivity index (χ4v) is 4.19. The van der Waals surface area contributed by atoms with Gasteiger partial charge in [-0.25, -0.2) is 0 Å². The zero-order chi connectivity index (χ0) is 20.1. The van der Waals surface area contributed by atoms with Crippen molar-refractivity contribution < 1.29 is 18.7 Å². The Kier molecular flexibility index (Phi) is 5.86. The van der Waals surface area contributed by atoms with Crippen molar-refractivity contribution in [1.29, 1.82) is 0 Å². The molecule has 29 heavy (non-hydrogen) atoms. The summed E-state index contributed by atoms with van der Waals surface area (Å²) in [5.41, 5.74) is 2.14. The highest BCUT2D eigenvalue weighted by Gasteiger charge is 2.23. The molecule has 7 heteroatoms. The van der Waals surface area contributed by atoms with Crippen LogP contribution in [0, 0.1) is 0 Å². The van der Waals surface area contributed by atoms with Crippen LogP contribution in [0.5, 0.6) is 0 Å². The van der Waals surface area contributed by atoms with Gasteiger partial charge in [0.05, 0.1) is 30.6 Å². The SMILES string of the molecule is O=C(COC(=O)CCN1c2ccccc2Sc2ccccc21)NCc1ccco1. The second-order valence-corrected chi connectivity index (χ2v) is 7.54. The standard InChI is InChI=1S/C22H20N2O4S/c25-21(23-14-16-6-5-13-27-16)15-28-22(26)11-12-24-17-7-1-3-9-19(17)29-20-10-4-2-8-18(20)24/h1-10,13H,11-12,14-15H2,(H,23,25). The minimum absolute atomic E-state index is 0.179. The molecule has 3 aromatic rings. The van der Waals surface area contributed by atoms with E-state index in [9.17, 15) is 9.59 Å². The number of nitrogens with zero attached hydrogens (tertiary/aromatic N) is 1. The number of fused-ring (bicyclic) bond motifs is 2. The van der Waals surface area contributed by atoms with Gasteiger partial charge in [-0.3, -0.25) is 9.59 Å². The third-order valence-electron chi connectivity index (χ3n) is 4.48. The van der Waals surface area contributed by atoms with E-state index in [1.54, 1.807) is 23.9 Å². The molecular weight excluding hydrogens is 388 g/mol. The largest absolute Gasteiger partial charge is 0.467 e. The summed E-state index contributed by atoms with van der Waals surface area (Å²) in [4.78, 5) is 28.5. The van der Waals surface area contributed by atoms with Crippen molar-refractivity contribution in [2.45, 2.75) is 22.8 Å². The van der Waals surface area contributed by atoms with E-state index in [1.165, 1.54) is 6.26 Å². The third kappa shape index (κ3) is 4.63. The number of anilines is 2. The first-order valence-corrected chi connectivity index (χ1v) is 10.1. The second kappa shape index (κ2) is 8.87. The summed E-state index contributed by atoms with van der Waals surface area (Å²) in [5.74, 6) is -0.129. The number of rotatable bonds is 7. The highest BCUT2D eigenvalue weighted by atomic mass is 32.2. The number of nitrogens with one attached hydrogen (secondary N) is 1.